The van der Waals surface area contributed by atoms with Gasteiger partial charge in [0.1, 0.15) is 0 Å². The van der Waals surface area contributed by atoms with Crippen LogP contribution in [0.3, 0.4) is 0 Å². The standard InChI is InChI=1S/C5H12O3.Li.H/c6-2-1-5(3-7)4-8;;/h5-8H,1-4H2;;. The SMILES string of the molecule is OCCC(CO)CO.[LiH]. The molecule has 0 spiro atoms. The molecule has 0 saturated carbocycles. The Morgan fingerprint density at radius 3 is 1.56 bits per heavy atom. The molecule has 0 saturated heterocycles. The molecule has 0 unspecified atom stereocenters. The minimum atomic E-state index is -0.139. The summed E-state index contributed by atoms with van der Waals surface area (Å²) in [6.07, 6.45) is 0.479. The first-order valence-electron chi connectivity index (χ1n) is 2.67. The Kier molecular flexibility index (Phi) is 11.5. The molecule has 3 nitrogen and oxygen atoms in total. The van der Waals surface area contributed by atoms with Gasteiger partial charge in [0.15, 0.2) is 0 Å². The van der Waals surface area contributed by atoms with Crippen LogP contribution in [0.4, 0.5) is 0 Å². The molecule has 0 aromatic rings. The van der Waals surface area contributed by atoms with E-state index in [0.29, 0.717) is 6.42 Å². The van der Waals surface area contributed by atoms with Gasteiger partial charge in [-0.05, 0) is 6.42 Å². The van der Waals surface area contributed by atoms with Crippen molar-refractivity contribution in [2.45, 2.75) is 6.42 Å². The average molecular weight is 128 g/mol. The summed E-state index contributed by atoms with van der Waals surface area (Å²) in [5.74, 6) is -0.139. The van der Waals surface area contributed by atoms with E-state index < -0.39 is 0 Å². The van der Waals surface area contributed by atoms with Crippen LogP contribution >= 0.6 is 0 Å². The second-order valence-corrected chi connectivity index (χ2v) is 1.74. The van der Waals surface area contributed by atoms with Crippen LogP contribution in [-0.2, 0) is 0 Å². The predicted octanol–water partition coefficient (Wildman–Crippen LogP) is -1.68. The van der Waals surface area contributed by atoms with Crippen LogP contribution in [-0.4, -0.2) is 54.0 Å². The van der Waals surface area contributed by atoms with Crippen LogP contribution in [0.1, 0.15) is 6.42 Å². The Bertz CT molecular complexity index is 47.5. The van der Waals surface area contributed by atoms with E-state index in [2.05, 4.69) is 0 Å². The zero-order valence-electron chi connectivity index (χ0n) is 4.75. The van der Waals surface area contributed by atoms with Crippen molar-refractivity contribution in [1.29, 1.82) is 0 Å². The summed E-state index contributed by atoms with van der Waals surface area (Å²) in [6.45, 7) is -0.0556. The number of aliphatic hydroxyl groups excluding tert-OH is 3. The Hall–Kier alpha value is 0.477. The van der Waals surface area contributed by atoms with Gasteiger partial charge in [-0.25, -0.2) is 0 Å². The molecule has 0 bridgehead atoms. The predicted molar refractivity (Wildman–Crippen MR) is 36.5 cm³/mol. The van der Waals surface area contributed by atoms with Gasteiger partial charge in [-0.15, -0.1) is 0 Å². The molecular formula is C5H13LiO3. The van der Waals surface area contributed by atoms with Crippen LogP contribution < -0.4 is 0 Å². The molecule has 0 aromatic heterocycles. The summed E-state index contributed by atoms with van der Waals surface area (Å²) in [5, 5.41) is 25.0. The van der Waals surface area contributed by atoms with E-state index in [4.69, 9.17) is 15.3 Å². The fourth-order valence-corrected chi connectivity index (χ4v) is 0.423. The van der Waals surface area contributed by atoms with Crippen molar-refractivity contribution in [3.8, 4) is 0 Å². The third-order valence-electron chi connectivity index (χ3n) is 1.05. The minimum absolute atomic E-state index is 0. The van der Waals surface area contributed by atoms with Crippen molar-refractivity contribution < 1.29 is 15.3 Å². The van der Waals surface area contributed by atoms with E-state index in [0.717, 1.165) is 0 Å². The van der Waals surface area contributed by atoms with Gasteiger partial charge in [0.2, 0.25) is 0 Å². The molecule has 0 aromatic carbocycles. The van der Waals surface area contributed by atoms with Crippen LogP contribution in [0, 0.1) is 5.92 Å². The van der Waals surface area contributed by atoms with E-state index in [9.17, 15) is 0 Å². The maximum atomic E-state index is 8.39. The Balaban J connectivity index is 0. The van der Waals surface area contributed by atoms with Crippen molar-refractivity contribution in [3.63, 3.8) is 0 Å². The first-order valence-corrected chi connectivity index (χ1v) is 2.67. The first-order chi connectivity index (χ1) is 3.85. The van der Waals surface area contributed by atoms with Crippen LogP contribution in [0.5, 0.6) is 0 Å². The van der Waals surface area contributed by atoms with Crippen LogP contribution in [0.15, 0.2) is 0 Å². The van der Waals surface area contributed by atoms with Gasteiger partial charge < -0.3 is 15.3 Å². The van der Waals surface area contributed by atoms with Crippen molar-refractivity contribution in [2.75, 3.05) is 19.8 Å². The van der Waals surface area contributed by atoms with Crippen molar-refractivity contribution in [3.05, 3.63) is 0 Å². The van der Waals surface area contributed by atoms with Gasteiger partial charge in [0.05, 0.1) is 0 Å². The van der Waals surface area contributed by atoms with Crippen LogP contribution in [0.2, 0.25) is 0 Å². The summed E-state index contributed by atoms with van der Waals surface area (Å²) >= 11 is 0. The first kappa shape index (κ1) is 12.2. The summed E-state index contributed by atoms with van der Waals surface area (Å²) in [5.41, 5.74) is 0. The molecule has 0 radical (unpaired) electrons. The summed E-state index contributed by atoms with van der Waals surface area (Å²) in [7, 11) is 0. The van der Waals surface area contributed by atoms with Gasteiger partial charge in [0, 0.05) is 25.7 Å². The van der Waals surface area contributed by atoms with E-state index in [1.165, 1.54) is 0 Å². The molecule has 0 rings (SSSR count). The normalized spacial score (nSPS) is 9.33. The second-order valence-electron chi connectivity index (χ2n) is 1.74. The third kappa shape index (κ3) is 6.36. The fourth-order valence-electron chi connectivity index (χ4n) is 0.423. The van der Waals surface area contributed by atoms with Crippen molar-refractivity contribution in [2.24, 2.45) is 5.92 Å². The average Bonchev–Trinajstić information content (AvgIpc) is 1.83. The van der Waals surface area contributed by atoms with Gasteiger partial charge in [-0.3, -0.25) is 0 Å². The van der Waals surface area contributed by atoms with Gasteiger partial charge in [-0.2, -0.15) is 0 Å². The molecule has 0 fully saturated rings. The fraction of sp³-hybridized carbons (Fsp3) is 1.00. The molecule has 0 amide bonds. The van der Waals surface area contributed by atoms with E-state index in [-0.39, 0.29) is 44.6 Å². The summed E-state index contributed by atoms with van der Waals surface area (Å²) < 4.78 is 0. The Labute approximate surface area is 66.9 Å². The molecule has 0 atom stereocenters. The zero-order valence-corrected chi connectivity index (χ0v) is 4.75. The number of hydrogen-bond donors (Lipinski definition) is 3. The Morgan fingerprint density at radius 2 is 1.44 bits per heavy atom. The molecular weight excluding hydrogens is 115 g/mol. The number of hydrogen-bond acceptors (Lipinski definition) is 3. The van der Waals surface area contributed by atoms with E-state index in [1.807, 2.05) is 0 Å². The molecule has 52 valence electrons. The summed E-state index contributed by atoms with van der Waals surface area (Å²) in [4.78, 5) is 0. The Morgan fingerprint density at radius 1 is 1.00 bits per heavy atom. The third-order valence-corrected chi connectivity index (χ3v) is 1.05. The quantitative estimate of drug-likeness (QED) is 0.396. The van der Waals surface area contributed by atoms with Crippen molar-refractivity contribution >= 4 is 18.9 Å². The zero-order chi connectivity index (χ0) is 6.41. The molecule has 4 heteroatoms. The van der Waals surface area contributed by atoms with E-state index >= 15 is 0 Å². The van der Waals surface area contributed by atoms with E-state index in [1.54, 1.807) is 0 Å². The van der Waals surface area contributed by atoms with Crippen molar-refractivity contribution in [1.82, 2.24) is 0 Å². The molecule has 3 N–H and O–H groups in total. The monoisotopic (exact) mass is 128 g/mol. The molecule has 0 aliphatic rings. The van der Waals surface area contributed by atoms with Gasteiger partial charge >= 0.3 is 18.9 Å². The topological polar surface area (TPSA) is 60.7 Å². The summed E-state index contributed by atoms with van der Waals surface area (Å²) in [6, 6.07) is 0. The molecule has 0 aliphatic heterocycles. The second kappa shape index (κ2) is 8.48. The van der Waals surface area contributed by atoms with Crippen LogP contribution in [0.25, 0.3) is 0 Å². The molecule has 0 aliphatic carbocycles. The molecule has 0 heterocycles. The van der Waals surface area contributed by atoms with Gasteiger partial charge in [0.25, 0.3) is 0 Å². The maximum absolute atomic E-state index is 8.39. The molecule has 9 heavy (non-hydrogen) atoms. The van der Waals surface area contributed by atoms with Gasteiger partial charge in [-0.1, -0.05) is 0 Å². The number of rotatable bonds is 4. The number of aliphatic hydroxyl groups is 3.